The Morgan fingerprint density at radius 2 is 2.42 bits per heavy atom. The van der Waals surface area contributed by atoms with Crippen molar-refractivity contribution in [2.24, 2.45) is 0 Å². The molecule has 1 amide bonds. The van der Waals surface area contributed by atoms with Gasteiger partial charge >= 0.3 is 0 Å². The first kappa shape index (κ1) is 13.9. The summed E-state index contributed by atoms with van der Waals surface area (Å²) < 4.78 is 2.19. The molecule has 0 aliphatic rings. The van der Waals surface area contributed by atoms with Gasteiger partial charge in [-0.1, -0.05) is 6.92 Å². The molecule has 0 bridgehead atoms. The third-order valence-electron chi connectivity index (χ3n) is 2.67. The number of amides is 1. The molecule has 0 fully saturated rings. The minimum absolute atomic E-state index is 0.0336. The van der Waals surface area contributed by atoms with Gasteiger partial charge in [0.25, 0.3) is 11.7 Å². The predicted molar refractivity (Wildman–Crippen MR) is 71.7 cm³/mol. The van der Waals surface area contributed by atoms with Crippen molar-refractivity contribution >= 4 is 27.6 Å². The van der Waals surface area contributed by atoms with E-state index in [1.165, 1.54) is 4.52 Å². The molecule has 0 aromatic carbocycles. The zero-order valence-corrected chi connectivity index (χ0v) is 12.0. The third kappa shape index (κ3) is 3.27. The zero-order valence-electron chi connectivity index (χ0n) is 10.4. The standard InChI is InChI=1S/C11H14BrN5O2/c1-2-8(3-4-18)14-10(19)9-15-11-13-5-7(12)6-17(11)16-9/h5-6,8,18H,2-4H2,1H3,(H,14,19). The highest BCUT2D eigenvalue weighted by Gasteiger charge is 2.16. The fourth-order valence-corrected chi connectivity index (χ4v) is 1.94. The van der Waals surface area contributed by atoms with E-state index in [1.807, 2.05) is 6.92 Å². The number of hydrogen-bond acceptors (Lipinski definition) is 5. The number of nitrogens with one attached hydrogen (secondary N) is 1. The van der Waals surface area contributed by atoms with Crippen molar-refractivity contribution < 1.29 is 9.90 Å². The summed E-state index contributed by atoms with van der Waals surface area (Å²) >= 11 is 3.27. The van der Waals surface area contributed by atoms with Crippen LogP contribution in [0, 0.1) is 0 Å². The van der Waals surface area contributed by atoms with Crippen LogP contribution < -0.4 is 5.32 Å². The van der Waals surface area contributed by atoms with Gasteiger partial charge in [0.2, 0.25) is 5.82 Å². The van der Waals surface area contributed by atoms with Gasteiger partial charge in [-0.15, -0.1) is 5.10 Å². The van der Waals surface area contributed by atoms with Gasteiger partial charge in [-0.05, 0) is 28.8 Å². The summed E-state index contributed by atoms with van der Waals surface area (Å²) in [5, 5.41) is 15.7. The number of nitrogens with zero attached hydrogens (tertiary/aromatic N) is 4. The second kappa shape index (κ2) is 6.07. The molecule has 0 saturated carbocycles. The van der Waals surface area contributed by atoms with Crippen molar-refractivity contribution in [1.82, 2.24) is 24.9 Å². The molecule has 1 atom stereocenters. The van der Waals surface area contributed by atoms with E-state index in [-0.39, 0.29) is 24.4 Å². The van der Waals surface area contributed by atoms with Crippen molar-refractivity contribution in [3.8, 4) is 0 Å². The van der Waals surface area contributed by atoms with Gasteiger partial charge in [0.05, 0.1) is 4.47 Å². The van der Waals surface area contributed by atoms with Crippen LogP contribution in [0.15, 0.2) is 16.9 Å². The third-order valence-corrected chi connectivity index (χ3v) is 3.08. The highest BCUT2D eigenvalue weighted by atomic mass is 79.9. The summed E-state index contributed by atoms with van der Waals surface area (Å²) in [5.74, 6) is 0.0764. The quantitative estimate of drug-likeness (QED) is 0.846. The molecule has 2 aromatic heterocycles. The molecule has 2 rings (SSSR count). The summed E-state index contributed by atoms with van der Waals surface area (Å²) in [6.07, 6.45) is 4.52. The van der Waals surface area contributed by atoms with Gasteiger partial charge in [-0.3, -0.25) is 4.79 Å². The second-order valence-corrected chi connectivity index (χ2v) is 4.96. The fourth-order valence-electron chi connectivity index (χ4n) is 1.64. The second-order valence-electron chi connectivity index (χ2n) is 4.04. The summed E-state index contributed by atoms with van der Waals surface area (Å²) in [4.78, 5) is 20.1. The van der Waals surface area contributed by atoms with Crippen LogP contribution in [0.2, 0.25) is 0 Å². The molecular formula is C11H14BrN5O2. The summed E-state index contributed by atoms with van der Waals surface area (Å²) in [7, 11) is 0. The van der Waals surface area contributed by atoms with E-state index in [0.717, 1.165) is 10.9 Å². The van der Waals surface area contributed by atoms with Gasteiger partial charge in [0.15, 0.2) is 0 Å². The average Bonchev–Trinajstić information content (AvgIpc) is 2.81. The SMILES string of the molecule is CCC(CCO)NC(=O)c1nc2ncc(Br)cn2n1. The Morgan fingerprint density at radius 3 is 3.11 bits per heavy atom. The molecule has 0 aliphatic carbocycles. The summed E-state index contributed by atoms with van der Waals surface area (Å²) in [6.45, 7) is 1.97. The Balaban J connectivity index is 2.17. The van der Waals surface area contributed by atoms with Crippen LogP contribution in [-0.2, 0) is 0 Å². The first-order valence-electron chi connectivity index (χ1n) is 5.93. The topological polar surface area (TPSA) is 92.4 Å². The maximum Gasteiger partial charge on any atom is 0.291 e. The van der Waals surface area contributed by atoms with Crippen molar-refractivity contribution in [3.05, 3.63) is 22.7 Å². The normalized spacial score (nSPS) is 12.6. The Bertz CT molecular complexity index is 585. The van der Waals surface area contributed by atoms with Gasteiger partial charge in [0.1, 0.15) is 0 Å². The Labute approximate surface area is 118 Å². The number of rotatable bonds is 5. The van der Waals surface area contributed by atoms with E-state index < -0.39 is 0 Å². The molecule has 102 valence electrons. The van der Waals surface area contributed by atoms with Gasteiger partial charge in [-0.2, -0.15) is 4.98 Å². The minimum atomic E-state index is -0.359. The van der Waals surface area contributed by atoms with Crippen molar-refractivity contribution in [2.45, 2.75) is 25.8 Å². The molecule has 8 heteroatoms. The lowest BCUT2D eigenvalue weighted by atomic mass is 10.1. The number of aromatic nitrogens is 4. The molecule has 0 aliphatic heterocycles. The smallest absolute Gasteiger partial charge is 0.291 e. The molecule has 1 unspecified atom stereocenters. The number of halogens is 1. The minimum Gasteiger partial charge on any atom is -0.396 e. The Hall–Kier alpha value is -1.54. The van der Waals surface area contributed by atoms with Crippen molar-refractivity contribution in [3.63, 3.8) is 0 Å². The number of carbonyl (C=O) groups excluding carboxylic acids is 1. The highest BCUT2D eigenvalue weighted by molar-refractivity contribution is 9.10. The van der Waals surface area contributed by atoms with E-state index in [1.54, 1.807) is 12.4 Å². The van der Waals surface area contributed by atoms with Crippen LogP contribution in [0.3, 0.4) is 0 Å². The van der Waals surface area contributed by atoms with E-state index >= 15 is 0 Å². The van der Waals surface area contributed by atoms with E-state index in [2.05, 4.69) is 36.3 Å². The molecule has 0 spiro atoms. The Morgan fingerprint density at radius 1 is 1.63 bits per heavy atom. The van der Waals surface area contributed by atoms with E-state index in [4.69, 9.17) is 5.11 Å². The summed E-state index contributed by atoms with van der Waals surface area (Å²) in [5.41, 5.74) is 0. The van der Waals surface area contributed by atoms with Crippen LogP contribution in [0.1, 0.15) is 30.4 Å². The molecule has 0 radical (unpaired) electrons. The molecule has 2 N–H and O–H groups in total. The molecule has 7 nitrogen and oxygen atoms in total. The lowest BCUT2D eigenvalue weighted by molar-refractivity contribution is 0.0919. The van der Waals surface area contributed by atoms with Crippen LogP contribution in [0.5, 0.6) is 0 Å². The summed E-state index contributed by atoms with van der Waals surface area (Å²) in [6, 6.07) is -0.0798. The highest BCUT2D eigenvalue weighted by Crippen LogP contribution is 2.08. The van der Waals surface area contributed by atoms with E-state index in [9.17, 15) is 4.79 Å². The first-order chi connectivity index (χ1) is 9.13. The van der Waals surface area contributed by atoms with Gasteiger partial charge < -0.3 is 10.4 Å². The number of aliphatic hydroxyl groups is 1. The monoisotopic (exact) mass is 327 g/mol. The lowest BCUT2D eigenvalue weighted by Crippen LogP contribution is -2.35. The Kier molecular flexibility index (Phi) is 4.43. The van der Waals surface area contributed by atoms with Gasteiger partial charge in [-0.25, -0.2) is 9.50 Å². The fraction of sp³-hybridized carbons (Fsp3) is 0.455. The molecule has 0 saturated heterocycles. The number of aliphatic hydroxyl groups excluding tert-OH is 1. The molecular weight excluding hydrogens is 314 g/mol. The molecule has 19 heavy (non-hydrogen) atoms. The van der Waals surface area contributed by atoms with Crippen LogP contribution in [0.4, 0.5) is 0 Å². The molecule has 2 aromatic rings. The number of hydrogen-bond donors (Lipinski definition) is 2. The van der Waals surface area contributed by atoms with Crippen LogP contribution in [0.25, 0.3) is 5.78 Å². The van der Waals surface area contributed by atoms with Crippen LogP contribution in [-0.4, -0.2) is 43.2 Å². The molecule has 2 heterocycles. The van der Waals surface area contributed by atoms with Crippen molar-refractivity contribution in [1.29, 1.82) is 0 Å². The first-order valence-corrected chi connectivity index (χ1v) is 6.73. The largest absolute Gasteiger partial charge is 0.396 e. The average molecular weight is 328 g/mol. The van der Waals surface area contributed by atoms with E-state index in [0.29, 0.717) is 12.2 Å². The lowest BCUT2D eigenvalue weighted by Gasteiger charge is -2.13. The maximum atomic E-state index is 12.0. The predicted octanol–water partition coefficient (Wildman–Crippen LogP) is 0.778. The van der Waals surface area contributed by atoms with Gasteiger partial charge in [0, 0.05) is 25.0 Å². The van der Waals surface area contributed by atoms with Crippen molar-refractivity contribution in [2.75, 3.05) is 6.61 Å². The number of carbonyl (C=O) groups is 1. The zero-order chi connectivity index (χ0) is 13.8. The maximum absolute atomic E-state index is 12.0. The number of fused-ring (bicyclic) bond motifs is 1. The van der Waals surface area contributed by atoms with Crippen LogP contribution >= 0.6 is 15.9 Å².